The Morgan fingerprint density at radius 3 is 2.86 bits per heavy atom. The fourth-order valence-corrected chi connectivity index (χ4v) is 2.15. The number of fused-ring (bicyclic) bond motifs is 1. The molecule has 21 heavy (non-hydrogen) atoms. The lowest BCUT2D eigenvalue weighted by atomic mass is 10.2. The van der Waals surface area contributed by atoms with Crippen LogP contribution in [0, 0.1) is 0 Å². The number of ether oxygens (including phenoxy) is 1. The van der Waals surface area contributed by atoms with Gasteiger partial charge in [-0.3, -0.25) is 14.2 Å². The summed E-state index contributed by atoms with van der Waals surface area (Å²) in [4.78, 5) is 27.7. The van der Waals surface area contributed by atoms with Gasteiger partial charge in [0.05, 0.1) is 30.5 Å². The molecule has 1 aromatic carbocycles. The van der Waals surface area contributed by atoms with E-state index in [1.165, 1.54) is 4.57 Å². The predicted octanol–water partition coefficient (Wildman–Crippen LogP) is 1.45. The Bertz CT molecular complexity index is 694. The third kappa shape index (κ3) is 3.66. The maximum atomic E-state index is 12.5. The number of carbonyl (C=O) groups is 1. The Morgan fingerprint density at radius 2 is 2.14 bits per heavy atom. The molecule has 0 atom stereocenters. The van der Waals surface area contributed by atoms with Gasteiger partial charge in [-0.1, -0.05) is 12.1 Å². The Kier molecular flexibility index (Phi) is 5.05. The monoisotopic (exact) mass is 290 g/mol. The predicted molar refractivity (Wildman–Crippen MR) is 78.5 cm³/mol. The van der Waals surface area contributed by atoms with Gasteiger partial charge in [0.1, 0.15) is 5.82 Å². The van der Waals surface area contributed by atoms with Crippen molar-refractivity contribution in [1.29, 1.82) is 0 Å². The highest BCUT2D eigenvalue weighted by Crippen LogP contribution is 2.09. The Morgan fingerprint density at radius 1 is 1.38 bits per heavy atom. The van der Waals surface area contributed by atoms with E-state index in [4.69, 9.17) is 9.84 Å². The molecular formula is C15H18N2O4. The standard InChI is InChI=1S/C15H18N2O4/c1-2-21-10-9-17-13(7-8-14(18)19)16-12-6-4-3-5-11(12)15(17)20/h3-6H,2,7-10H2,1H3,(H,18,19). The first-order valence-corrected chi connectivity index (χ1v) is 6.91. The summed E-state index contributed by atoms with van der Waals surface area (Å²) in [5.74, 6) is -0.422. The van der Waals surface area contributed by atoms with Gasteiger partial charge in [-0.2, -0.15) is 0 Å². The van der Waals surface area contributed by atoms with Crippen LogP contribution in [0.25, 0.3) is 10.9 Å². The van der Waals surface area contributed by atoms with E-state index in [1.807, 2.05) is 6.92 Å². The lowest BCUT2D eigenvalue weighted by Gasteiger charge is -2.13. The summed E-state index contributed by atoms with van der Waals surface area (Å²) in [5.41, 5.74) is 0.441. The van der Waals surface area contributed by atoms with Crippen LogP contribution >= 0.6 is 0 Å². The van der Waals surface area contributed by atoms with Gasteiger partial charge in [0.2, 0.25) is 0 Å². The van der Waals surface area contributed by atoms with Crippen LogP contribution in [0.1, 0.15) is 19.2 Å². The number of para-hydroxylation sites is 1. The molecule has 6 nitrogen and oxygen atoms in total. The highest BCUT2D eigenvalue weighted by atomic mass is 16.5. The van der Waals surface area contributed by atoms with Gasteiger partial charge in [0.25, 0.3) is 5.56 Å². The molecule has 0 saturated heterocycles. The molecule has 2 aromatic rings. The number of carboxylic acid groups (broad SMARTS) is 1. The minimum atomic E-state index is -0.909. The SMILES string of the molecule is CCOCCn1c(CCC(=O)O)nc2ccccc2c1=O. The van der Waals surface area contributed by atoms with Crippen molar-refractivity contribution in [1.82, 2.24) is 9.55 Å². The smallest absolute Gasteiger partial charge is 0.303 e. The van der Waals surface area contributed by atoms with Crippen LogP contribution in [0.3, 0.4) is 0 Å². The number of nitrogens with zero attached hydrogens (tertiary/aromatic N) is 2. The molecule has 0 radical (unpaired) electrons. The quantitative estimate of drug-likeness (QED) is 0.780. The number of carboxylic acids is 1. The maximum absolute atomic E-state index is 12.5. The Balaban J connectivity index is 2.43. The first-order chi connectivity index (χ1) is 10.1. The Hall–Kier alpha value is -2.21. The summed E-state index contributed by atoms with van der Waals surface area (Å²) in [6, 6.07) is 7.08. The second-order valence-electron chi connectivity index (χ2n) is 4.59. The van der Waals surface area contributed by atoms with Crippen molar-refractivity contribution < 1.29 is 14.6 Å². The van der Waals surface area contributed by atoms with E-state index in [-0.39, 0.29) is 18.4 Å². The van der Waals surface area contributed by atoms with Crippen LogP contribution in [-0.2, 0) is 22.5 Å². The number of aryl methyl sites for hydroxylation is 1. The molecule has 0 fully saturated rings. The van der Waals surface area contributed by atoms with Crippen molar-refractivity contribution >= 4 is 16.9 Å². The van der Waals surface area contributed by atoms with Crippen molar-refractivity contribution in [2.45, 2.75) is 26.3 Å². The summed E-state index contributed by atoms with van der Waals surface area (Å²) >= 11 is 0. The third-order valence-electron chi connectivity index (χ3n) is 3.17. The number of aromatic nitrogens is 2. The van der Waals surface area contributed by atoms with Gasteiger partial charge < -0.3 is 9.84 Å². The van der Waals surface area contributed by atoms with E-state index >= 15 is 0 Å². The van der Waals surface area contributed by atoms with Crippen LogP contribution in [0.4, 0.5) is 0 Å². The molecule has 6 heteroatoms. The minimum Gasteiger partial charge on any atom is -0.481 e. The second-order valence-corrected chi connectivity index (χ2v) is 4.59. The normalized spacial score (nSPS) is 10.9. The molecule has 2 rings (SSSR count). The molecule has 0 unspecified atom stereocenters. The summed E-state index contributed by atoms with van der Waals surface area (Å²) < 4.78 is 6.80. The van der Waals surface area contributed by atoms with Gasteiger partial charge in [-0.15, -0.1) is 0 Å². The van der Waals surface area contributed by atoms with Crippen LogP contribution in [0.15, 0.2) is 29.1 Å². The van der Waals surface area contributed by atoms with E-state index in [0.717, 1.165) is 0 Å². The molecule has 0 aliphatic rings. The highest BCUT2D eigenvalue weighted by Gasteiger charge is 2.11. The number of benzene rings is 1. The molecule has 0 amide bonds. The van der Waals surface area contributed by atoms with E-state index in [0.29, 0.717) is 36.5 Å². The van der Waals surface area contributed by atoms with Gasteiger partial charge >= 0.3 is 5.97 Å². The summed E-state index contributed by atoms with van der Waals surface area (Å²) in [6.07, 6.45) is 0.168. The van der Waals surface area contributed by atoms with E-state index < -0.39 is 5.97 Å². The largest absolute Gasteiger partial charge is 0.481 e. The molecule has 0 aliphatic heterocycles. The van der Waals surface area contributed by atoms with Crippen molar-refractivity contribution in [2.75, 3.05) is 13.2 Å². The van der Waals surface area contributed by atoms with E-state index in [2.05, 4.69) is 4.98 Å². The van der Waals surface area contributed by atoms with Crippen molar-refractivity contribution in [3.63, 3.8) is 0 Å². The van der Waals surface area contributed by atoms with Gasteiger partial charge in [-0.25, -0.2) is 4.98 Å². The number of hydrogen-bond donors (Lipinski definition) is 1. The molecule has 0 spiro atoms. The first kappa shape index (κ1) is 15.2. The molecule has 0 aliphatic carbocycles. The van der Waals surface area contributed by atoms with Crippen molar-refractivity contribution in [3.05, 3.63) is 40.4 Å². The zero-order valence-corrected chi connectivity index (χ0v) is 11.9. The second kappa shape index (κ2) is 6.99. The molecule has 0 saturated carbocycles. The van der Waals surface area contributed by atoms with Gasteiger partial charge in [-0.05, 0) is 19.1 Å². The van der Waals surface area contributed by atoms with Gasteiger partial charge in [0.15, 0.2) is 0 Å². The van der Waals surface area contributed by atoms with E-state index in [1.54, 1.807) is 24.3 Å². The van der Waals surface area contributed by atoms with Crippen molar-refractivity contribution in [3.8, 4) is 0 Å². The molecular weight excluding hydrogens is 272 g/mol. The molecule has 112 valence electrons. The zero-order chi connectivity index (χ0) is 15.2. The number of aliphatic carboxylic acids is 1. The summed E-state index contributed by atoms with van der Waals surface area (Å²) in [6.45, 7) is 3.23. The lowest BCUT2D eigenvalue weighted by Crippen LogP contribution is -2.27. The first-order valence-electron chi connectivity index (χ1n) is 6.91. The van der Waals surface area contributed by atoms with E-state index in [9.17, 15) is 9.59 Å². The minimum absolute atomic E-state index is 0.0561. The lowest BCUT2D eigenvalue weighted by molar-refractivity contribution is -0.137. The maximum Gasteiger partial charge on any atom is 0.303 e. The van der Waals surface area contributed by atoms with Crippen LogP contribution in [0.2, 0.25) is 0 Å². The van der Waals surface area contributed by atoms with Gasteiger partial charge in [0, 0.05) is 13.0 Å². The summed E-state index contributed by atoms with van der Waals surface area (Å²) in [7, 11) is 0. The number of rotatable bonds is 7. The third-order valence-corrected chi connectivity index (χ3v) is 3.17. The molecule has 1 aromatic heterocycles. The fourth-order valence-electron chi connectivity index (χ4n) is 2.15. The molecule has 0 bridgehead atoms. The average molecular weight is 290 g/mol. The zero-order valence-electron chi connectivity index (χ0n) is 11.9. The van der Waals surface area contributed by atoms with Crippen molar-refractivity contribution in [2.24, 2.45) is 0 Å². The van der Waals surface area contributed by atoms with Crippen LogP contribution < -0.4 is 5.56 Å². The molecule has 1 heterocycles. The number of hydrogen-bond acceptors (Lipinski definition) is 4. The fraction of sp³-hybridized carbons (Fsp3) is 0.400. The average Bonchev–Trinajstić information content (AvgIpc) is 2.48. The van der Waals surface area contributed by atoms with Crippen LogP contribution in [0.5, 0.6) is 0 Å². The Labute approximate surface area is 122 Å². The molecule has 1 N–H and O–H groups in total. The summed E-state index contributed by atoms with van der Waals surface area (Å²) in [5, 5.41) is 9.36. The van der Waals surface area contributed by atoms with Crippen LogP contribution in [-0.4, -0.2) is 33.8 Å². The highest BCUT2D eigenvalue weighted by molar-refractivity contribution is 5.77. The topological polar surface area (TPSA) is 81.4 Å².